The van der Waals surface area contributed by atoms with E-state index >= 15 is 0 Å². The highest BCUT2D eigenvalue weighted by Crippen LogP contribution is 2.22. The molecule has 6 nitrogen and oxygen atoms in total. The highest BCUT2D eigenvalue weighted by Gasteiger charge is 2.25. The van der Waals surface area contributed by atoms with Gasteiger partial charge in [-0.05, 0) is 50.9 Å². The van der Waals surface area contributed by atoms with E-state index in [0.717, 1.165) is 32.1 Å². The van der Waals surface area contributed by atoms with Crippen LogP contribution in [0.15, 0.2) is 0 Å². The normalized spacial score (nSPS) is 20.8. The average molecular weight is 406 g/mol. The second kappa shape index (κ2) is 15.6. The summed E-state index contributed by atoms with van der Waals surface area (Å²) in [6.07, 6.45) is 4.10. The number of hydrogen-bond donors (Lipinski definition) is 6. The fourth-order valence-electron chi connectivity index (χ4n) is 3.68. The second-order valence-electron chi connectivity index (χ2n) is 9.01. The molecule has 0 radical (unpaired) electrons. The van der Waals surface area contributed by atoms with Crippen LogP contribution in [0.1, 0.15) is 91.9 Å². The topological polar surface area (TPSA) is 127 Å². The maximum Gasteiger partial charge on any atom is 0.0824 e. The van der Waals surface area contributed by atoms with Gasteiger partial charge in [0, 0.05) is 12.5 Å². The van der Waals surface area contributed by atoms with Gasteiger partial charge in [-0.1, -0.05) is 46.5 Å². The molecule has 0 aromatic heterocycles. The Bertz CT molecular complexity index is 369. The summed E-state index contributed by atoms with van der Waals surface area (Å²) in [7, 11) is 0. The van der Waals surface area contributed by atoms with Crippen molar-refractivity contribution in [2.75, 3.05) is 0 Å². The first-order valence-electron chi connectivity index (χ1n) is 11.2. The van der Waals surface area contributed by atoms with Crippen molar-refractivity contribution in [3.63, 3.8) is 0 Å². The first-order chi connectivity index (χ1) is 13.1. The lowest BCUT2D eigenvalue weighted by Crippen LogP contribution is -2.34. The van der Waals surface area contributed by atoms with E-state index in [1.165, 1.54) is 0 Å². The van der Waals surface area contributed by atoms with Crippen molar-refractivity contribution in [3.05, 3.63) is 0 Å². The van der Waals surface area contributed by atoms with Gasteiger partial charge in [0.2, 0.25) is 0 Å². The Hall–Kier alpha value is -0.240. The van der Waals surface area contributed by atoms with Crippen molar-refractivity contribution in [3.8, 4) is 0 Å². The smallest absolute Gasteiger partial charge is 0.0824 e. The molecule has 0 aromatic carbocycles. The highest BCUT2D eigenvalue weighted by molar-refractivity contribution is 4.76. The molecule has 0 aliphatic rings. The summed E-state index contributed by atoms with van der Waals surface area (Å²) in [4.78, 5) is 0. The zero-order chi connectivity index (χ0) is 21.7. The van der Waals surface area contributed by atoms with Crippen LogP contribution >= 0.6 is 0 Å². The summed E-state index contributed by atoms with van der Waals surface area (Å²) < 4.78 is 0. The van der Waals surface area contributed by atoms with Crippen molar-refractivity contribution in [1.29, 1.82) is 0 Å². The predicted molar refractivity (Wildman–Crippen MR) is 114 cm³/mol. The number of unbranched alkanes of at least 4 members (excludes halogenated alkanes) is 2. The van der Waals surface area contributed by atoms with Gasteiger partial charge in [0.25, 0.3) is 0 Å². The van der Waals surface area contributed by atoms with Gasteiger partial charge in [0.1, 0.15) is 0 Å². The molecule has 0 aromatic rings. The molecule has 0 aliphatic carbocycles. The molecule has 8 atom stereocenters. The van der Waals surface area contributed by atoms with E-state index in [-0.39, 0.29) is 24.3 Å². The molecule has 0 heterocycles. The lowest BCUT2D eigenvalue weighted by atomic mass is 9.88. The van der Waals surface area contributed by atoms with Gasteiger partial charge in [-0.15, -0.1) is 0 Å². The average Bonchev–Trinajstić information content (AvgIpc) is 2.62. The van der Waals surface area contributed by atoms with Gasteiger partial charge in [0.15, 0.2) is 0 Å². The van der Waals surface area contributed by atoms with Crippen molar-refractivity contribution in [1.82, 2.24) is 0 Å². The van der Waals surface area contributed by atoms with Crippen LogP contribution in [0, 0.1) is 11.8 Å². The molecule has 0 saturated heterocycles. The highest BCUT2D eigenvalue weighted by atomic mass is 16.3. The maximum atomic E-state index is 10.3. The van der Waals surface area contributed by atoms with Crippen molar-refractivity contribution in [2.45, 2.75) is 128 Å². The lowest BCUT2D eigenvalue weighted by molar-refractivity contribution is -0.0288. The Morgan fingerprint density at radius 1 is 0.679 bits per heavy atom. The molecular weight excluding hydrogens is 358 g/mol. The lowest BCUT2D eigenvalue weighted by Gasteiger charge is -2.26. The third-order valence-corrected chi connectivity index (χ3v) is 5.75. The van der Waals surface area contributed by atoms with Crippen LogP contribution in [0.3, 0.4) is 0 Å². The Morgan fingerprint density at radius 3 is 1.71 bits per heavy atom. The van der Waals surface area contributed by atoms with E-state index in [4.69, 9.17) is 5.73 Å². The van der Waals surface area contributed by atoms with Gasteiger partial charge in [-0.3, -0.25) is 0 Å². The largest absolute Gasteiger partial charge is 0.393 e. The standard InChI is InChI=1S/C22H47NO5/c1-5-6-9-16(3)22(28)21(27)13-15(2)12-18(24)10-7-8-11-19(25)14-20(26)17(4)23/h15-22,24-28H,5-14,23H2,1-4H3. The van der Waals surface area contributed by atoms with Crippen molar-refractivity contribution in [2.24, 2.45) is 17.6 Å². The first kappa shape index (κ1) is 27.8. The fourth-order valence-corrected chi connectivity index (χ4v) is 3.68. The van der Waals surface area contributed by atoms with E-state index in [2.05, 4.69) is 6.92 Å². The third-order valence-electron chi connectivity index (χ3n) is 5.75. The summed E-state index contributed by atoms with van der Waals surface area (Å²) >= 11 is 0. The quantitative estimate of drug-likeness (QED) is 0.206. The van der Waals surface area contributed by atoms with Crippen LogP contribution in [0.2, 0.25) is 0 Å². The molecule has 170 valence electrons. The Labute approximate surface area is 172 Å². The first-order valence-corrected chi connectivity index (χ1v) is 11.2. The van der Waals surface area contributed by atoms with Gasteiger partial charge in [-0.2, -0.15) is 0 Å². The molecule has 0 bridgehead atoms. The van der Waals surface area contributed by atoms with Crippen molar-refractivity contribution >= 4 is 0 Å². The number of hydrogen-bond acceptors (Lipinski definition) is 6. The molecule has 8 unspecified atom stereocenters. The van der Waals surface area contributed by atoms with Crippen LogP contribution in [0.25, 0.3) is 0 Å². The second-order valence-corrected chi connectivity index (χ2v) is 9.01. The van der Waals surface area contributed by atoms with E-state index in [1.807, 2.05) is 13.8 Å². The van der Waals surface area contributed by atoms with Crippen LogP contribution in [-0.2, 0) is 0 Å². The molecule has 0 spiro atoms. The van der Waals surface area contributed by atoms with Crippen molar-refractivity contribution < 1.29 is 25.5 Å². The zero-order valence-electron chi connectivity index (χ0n) is 18.5. The third kappa shape index (κ3) is 13.1. The van der Waals surface area contributed by atoms with Gasteiger partial charge in [0.05, 0.1) is 30.5 Å². The van der Waals surface area contributed by atoms with Gasteiger partial charge < -0.3 is 31.3 Å². The maximum absolute atomic E-state index is 10.3. The van der Waals surface area contributed by atoms with Crippen LogP contribution in [-0.4, -0.2) is 62.1 Å². The van der Waals surface area contributed by atoms with Gasteiger partial charge in [-0.25, -0.2) is 0 Å². The van der Waals surface area contributed by atoms with E-state index < -0.39 is 30.5 Å². The number of nitrogens with two attached hydrogens (primary N) is 1. The number of aliphatic hydroxyl groups excluding tert-OH is 5. The predicted octanol–water partition coefficient (Wildman–Crippen LogP) is 2.33. The summed E-state index contributed by atoms with van der Waals surface area (Å²) in [5, 5.41) is 50.3. The molecule has 0 fully saturated rings. The van der Waals surface area contributed by atoms with Crippen LogP contribution < -0.4 is 5.73 Å². The molecule has 28 heavy (non-hydrogen) atoms. The SMILES string of the molecule is CCCCC(C)C(O)C(O)CC(C)CC(O)CCCCC(O)CC(O)C(C)N. The van der Waals surface area contributed by atoms with E-state index in [0.29, 0.717) is 25.7 Å². The molecular formula is C22H47NO5. The molecule has 0 aliphatic heterocycles. The summed E-state index contributed by atoms with van der Waals surface area (Å²) in [6, 6.07) is -0.346. The minimum absolute atomic E-state index is 0.0827. The van der Waals surface area contributed by atoms with E-state index in [1.54, 1.807) is 6.92 Å². The zero-order valence-corrected chi connectivity index (χ0v) is 18.5. The summed E-state index contributed by atoms with van der Waals surface area (Å²) in [5.41, 5.74) is 5.59. The number of rotatable bonds is 17. The molecule has 7 N–H and O–H groups in total. The summed E-state index contributed by atoms with van der Waals surface area (Å²) in [6.45, 7) is 7.81. The minimum Gasteiger partial charge on any atom is -0.393 e. The minimum atomic E-state index is -0.749. The fraction of sp³-hybridized carbons (Fsp3) is 1.00. The Morgan fingerprint density at radius 2 is 1.21 bits per heavy atom. The van der Waals surface area contributed by atoms with E-state index in [9.17, 15) is 25.5 Å². The summed E-state index contributed by atoms with van der Waals surface area (Å²) in [5.74, 6) is 0.212. The molecule has 6 heteroatoms. The monoisotopic (exact) mass is 405 g/mol. The number of aliphatic hydroxyl groups is 5. The van der Waals surface area contributed by atoms with Gasteiger partial charge >= 0.3 is 0 Å². The molecule has 0 rings (SSSR count). The Kier molecular flexibility index (Phi) is 15.4. The van der Waals surface area contributed by atoms with Crippen LogP contribution in [0.4, 0.5) is 0 Å². The Balaban J connectivity index is 3.98. The van der Waals surface area contributed by atoms with Crippen LogP contribution in [0.5, 0.6) is 0 Å². The molecule has 0 amide bonds. The molecule has 0 saturated carbocycles.